The number of rotatable bonds is 4. The van der Waals surface area contributed by atoms with Crippen LogP contribution in [-0.2, 0) is 14.2 Å². The Hall–Kier alpha value is -0.440. The van der Waals surface area contributed by atoms with Gasteiger partial charge in [0.2, 0.25) is 0 Å². The predicted molar refractivity (Wildman–Crippen MR) is 72.6 cm³/mol. The molecule has 11 heteroatoms. The topological polar surface area (TPSA) is 201 Å². The summed E-state index contributed by atoms with van der Waals surface area (Å²) >= 11 is 0. The first-order chi connectivity index (χ1) is 10.8. The zero-order valence-electron chi connectivity index (χ0n) is 12.3. The molecule has 0 radical (unpaired) electrons. The van der Waals surface area contributed by atoms with Crippen LogP contribution in [-0.4, -0.2) is 105 Å². The molecule has 136 valence electrons. The van der Waals surface area contributed by atoms with Crippen molar-refractivity contribution in [2.45, 2.75) is 61.4 Å². The minimum Gasteiger partial charge on any atom is -0.388 e. The van der Waals surface area contributed by atoms with E-state index in [-0.39, 0.29) is 13.1 Å². The second-order valence-electron chi connectivity index (χ2n) is 5.64. The van der Waals surface area contributed by atoms with Gasteiger partial charge in [-0.25, -0.2) is 0 Å². The maximum atomic E-state index is 9.90. The van der Waals surface area contributed by atoms with Crippen molar-refractivity contribution in [1.82, 2.24) is 0 Å². The molecule has 2 aliphatic heterocycles. The quantitative estimate of drug-likeness (QED) is 0.242. The van der Waals surface area contributed by atoms with Gasteiger partial charge in [-0.15, -0.1) is 0 Å². The minimum absolute atomic E-state index is 0.147. The first-order valence-electron chi connectivity index (χ1n) is 7.26. The Morgan fingerprint density at radius 2 is 0.957 bits per heavy atom. The molecule has 0 aromatic heterocycles. The van der Waals surface area contributed by atoms with Crippen LogP contribution in [0.4, 0.5) is 0 Å². The number of hydrogen-bond donors (Lipinski definition) is 8. The smallest absolute Gasteiger partial charge is 0.189 e. The molecule has 0 saturated carbocycles. The van der Waals surface area contributed by atoms with Crippen LogP contribution in [0.25, 0.3) is 0 Å². The van der Waals surface area contributed by atoms with Crippen molar-refractivity contribution >= 4 is 0 Å². The fraction of sp³-hybridized carbons (Fsp3) is 1.00. The van der Waals surface area contributed by atoms with Gasteiger partial charge in [-0.2, -0.15) is 0 Å². The largest absolute Gasteiger partial charge is 0.388 e. The van der Waals surface area contributed by atoms with Gasteiger partial charge in [-0.3, -0.25) is 0 Å². The van der Waals surface area contributed by atoms with E-state index in [0.29, 0.717) is 0 Å². The highest BCUT2D eigenvalue weighted by Gasteiger charge is 2.49. The molecule has 11 nitrogen and oxygen atoms in total. The van der Waals surface area contributed by atoms with Crippen LogP contribution in [0, 0.1) is 0 Å². The van der Waals surface area contributed by atoms with Crippen LogP contribution in [0.3, 0.4) is 0 Å². The highest BCUT2D eigenvalue weighted by Crippen LogP contribution is 2.27. The van der Waals surface area contributed by atoms with Gasteiger partial charge in [0.15, 0.2) is 12.6 Å². The Morgan fingerprint density at radius 3 is 1.26 bits per heavy atom. The molecule has 2 rings (SSSR count). The monoisotopic (exact) mass is 340 g/mol. The van der Waals surface area contributed by atoms with Crippen molar-refractivity contribution in [2.24, 2.45) is 11.5 Å². The Balaban J connectivity index is 2.07. The van der Waals surface area contributed by atoms with E-state index in [1.54, 1.807) is 0 Å². The first kappa shape index (κ1) is 18.9. The standard InChI is InChI=1S/C12H24N2O9/c13-1-3-5(15)7(17)9(19)11(21-3)23-12-10(20)8(18)6(16)4(2-14)22-12/h3-12,15-20H,1-2,13-14H2/t3?,4?,5-,6-,7+,8?,9?,10+,11-,12-/m1/s1. The van der Waals surface area contributed by atoms with Gasteiger partial charge < -0.3 is 56.3 Å². The van der Waals surface area contributed by atoms with E-state index in [1.807, 2.05) is 0 Å². The average molecular weight is 340 g/mol. The summed E-state index contributed by atoms with van der Waals surface area (Å²) < 4.78 is 15.7. The molecular formula is C12H24N2O9. The molecule has 2 fully saturated rings. The molecular weight excluding hydrogens is 316 g/mol. The molecule has 10 atom stereocenters. The van der Waals surface area contributed by atoms with Crippen LogP contribution >= 0.6 is 0 Å². The molecule has 0 aromatic rings. The van der Waals surface area contributed by atoms with Crippen LogP contribution in [0.15, 0.2) is 0 Å². The Labute approximate surface area is 132 Å². The van der Waals surface area contributed by atoms with E-state index >= 15 is 0 Å². The SMILES string of the molecule is NCC1O[C@H](O[C@H]2OC(CN)[C@@H](O)[C@H](O)C2O)[C@@H](O)C(O)[C@@H]1O. The van der Waals surface area contributed by atoms with Gasteiger partial charge in [0, 0.05) is 13.1 Å². The lowest BCUT2D eigenvalue weighted by Crippen LogP contribution is -2.64. The van der Waals surface area contributed by atoms with E-state index in [2.05, 4.69) is 0 Å². The van der Waals surface area contributed by atoms with Crippen molar-refractivity contribution in [3.63, 3.8) is 0 Å². The summed E-state index contributed by atoms with van der Waals surface area (Å²) in [5.41, 5.74) is 10.8. The maximum Gasteiger partial charge on any atom is 0.189 e. The minimum atomic E-state index is -1.64. The molecule has 2 heterocycles. The molecule has 2 saturated heterocycles. The summed E-state index contributed by atoms with van der Waals surface area (Å²) in [7, 11) is 0. The number of hydrogen-bond acceptors (Lipinski definition) is 11. The molecule has 2 aliphatic rings. The summed E-state index contributed by atoms with van der Waals surface area (Å²) in [6, 6.07) is 0. The number of aliphatic hydroxyl groups is 6. The summed E-state index contributed by atoms with van der Waals surface area (Å²) in [5.74, 6) is 0. The fourth-order valence-corrected chi connectivity index (χ4v) is 2.58. The average Bonchev–Trinajstić information content (AvgIpc) is 2.55. The van der Waals surface area contributed by atoms with E-state index < -0.39 is 61.4 Å². The predicted octanol–water partition coefficient (Wildman–Crippen LogP) is -5.46. The second kappa shape index (κ2) is 7.63. The normalized spacial score (nSPS) is 51.7. The van der Waals surface area contributed by atoms with Crippen LogP contribution in [0.2, 0.25) is 0 Å². The molecule has 0 bridgehead atoms. The molecule has 10 N–H and O–H groups in total. The highest BCUT2D eigenvalue weighted by molar-refractivity contribution is 4.92. The van der Waals surface area contributed by atoms with E-state index in [9.17, 15) is 30.6 Å². The zero-order valence-corrected chi connectivity index (χ0v) is 12.3. The van der Waals surface area contributed by atoms with Gasteiger partial charge in [-0.1, -0.05) is 0 Å². The molecule has 4 unspecified atom stereocenters. The summed E-state index contributed by atoms with van der Waals surface area (Å²) in [6.45, 7) is -0.294. The summed E-state index contributed by atoms with van der Waals surface area (Å²) in [5, 5.41) is 58.8. The van der Waals surface area contributed by atoms with Crippen molar-refractivity contribution in [3.05, 3.63) is 0 Å². The molecule has 0 amide bonds. The summed E-state index contributed by atoms with van der Waals surface area (Å²) in [6.07, 6.45) is -14.2. The van der Waals surface area contributed by atoms with Gasteiger partial charge in [0.05, 0.1) is 0 Å². The lowest BCUT2D eigenvalue weighted by molar-refractivity contribution is -0.371. The molecule has 0 aliphatic carbocycles. The van der Waals surface area contributed by atoms with Crippen molar-refractivity contribution in [1.29, 1.82) is 0 Å². The van der Waals surface area contributed by atoms with Crippen LogP contribution in [0.1, 0.15) is 0 Å². The molecule has 0 aromatic carbocycles. The van der Waals surface area contributed by atoms with E-state index in [1.165, 1.54) is 0 Å². The summed E-state index contributed by atoms with van der Waals surface area (Å²) in [4.78, 5) is 0. The Bertz CT molecular complexity index is 352. The first-order valence-corrected chi connectivity index (χ1v) is 7.26. The van der Waals surface area contributed by atoms with Crippen molar-refractivity contribution in [2.75, 3.05) is 13.1 Å². The second-order valence-corrected chi connectivity index (χ2v) is 5.64. The van der Waals surface area contributed by atoms with Crippen molar-refractivity contribution in [3.8, 4) is 0 Å². The van der Waals surface area contributed by atoms with Crippen molar-refractivity contribution < 1.29 is 44.8 Å². The van der Waals surface area contributed by atoms with Crippen LogP contribution < -0.4 is 11.5 Å². The van der Waals surface area contributed by atoms with Crippen LogP contribution in [0.5, 0.6) is 0 Å². The molecule has 0 spiro atoms. The third-order valence-electron chi connectivity index (χ3n) is 4.07. The van der Waals surface area contributed by atoms with E-state index in [4.69, 9.17) is 25.7 Å². The Morgan fingerprint density at radius 1 is 0.609 bits per heavy atom. The number of aliphatic hydroxyl groups excluding tert-OH is 6. The third-order valence-corrected chi connectivity index (χ3v) is 4.07. The van der Waals surface area contributed by atoms with Gasteiger partial charge in [0.25, 0.3) is 0 Å². The lowest BCUT2D eigenvalue weighted by atomic mass is 9.98. The highest BCUT2D eigenvalue weighted by atomic mass is 16.8. The van der Waals surface area contributed by atoms with Gasteiger partial charge >= 0.3 is 0 Å². The fourth-order valence-electron chi connectivity index (χ4n) is 2.58. The van der Waals surface area contributed by atoms with E-state index in [0.717, 1.165) is 0 Å². The third kappa shape index (κ3) is 3.65. The van der Waals surface area contributed by atoms with Gasteiger partial charge in [-0.05, 0) is 0 Å². The number of nitrogens with two attached hydrogens (primary N) is 2. The van der Waals surface area contributed by atoms with Gasteiger partial charge in [0.1, 0.15) is 48.8 Å². The zero-order chi connectivity index (χ0) is 17.3. The maximum absolute atomic E-state index is 9.90. The lowest BCUT2D eigenvalue weighted by Gasteiger charge is -2.44. The number of ether oxygens (including phenoxy) is 3. The Kier molecular flexibility index (Phi) is 6.27. The molecule has 23 heavy (non-hydrogen) atoms.